The summed E-state index contributed by atoms with van der Waals surface area (Å²) in [5.41, 5.74) is 1.48. The van der Waals surface area contributed by atoms with Crippen LogP contribution >= 0.6 is 0 Å². The number of aryl methyl sites for hydroxylation is 1. The maximum atomic E-state index is 12.5. The van der Waals surface area contributed by atoms with Crippen LogP contribution in [0.1, 0.15) is 49.3 Å². The molecule has 1 fully saturated rings. The average molecular weight is 246 g/mol. The SMILES string of the molecule is CC[C@@H]1CC[C@H](C)N(C(=O)c2cccc(C)n2)C1. The highest BCUT2D eigenvalue weighted by Gasteiger charge is 2.29. The van der Waals surface area contributed by atoms with Crippen LogP contribution in [0.15, 0.2) is 18.2 Å². The zero-order valence-corrected chi connectivity index (χ0v) is 11.5. The first-order valence-electron chi connectivity index (χ1n) is 6.86. The van der Waals surface area contributed by atoms with Gasteiger partial charge in [-0.1, -0.05) is 19.4 Å². The van der Waals surface area contributed by atoms with Gasteiger partial charge in [0.1, 0.15) is 5.69 Å². The molecule has 0 N–H and O–H groups in total. The first-order chi connectivity index (χ1) is 8.61. The van der Waals surface area contributed by atoms with Gasteiger partial charge < -0.3 is 4.90 Å². The zero-order valence-electron chi connectivity index (χ0n) is 11.5. The van der Waals surface area contributed by atoms with Crippen molar-refractivity contribution in [1.82, 2.24) is 9.88 Å². The van der Waals surface area contributed by atoms with Gasteiger partial charge in [-0.25, -0.2) is 4.98 Å². The van der Waals surface area contributed by atoms with Crippen molar-refractivity contribution in [2.24, 2.45) is 5.92 Å². The molecule has 0 bridgehead atoms. The van der Waals surface area contributed by atoms with Gasteiger partial charge in [0.2, 0.25) is 0 Å². The Morgan fingerprint density at radius 3 is 2.89 bits per heavy atom. The van der Waals surface area contributed by atoms with Crippen molar-refractivity contribution < 1.29 is 4.79 Å². The number of carbonyl (C=O) groups is 1. The first kappa shape index (κ1) is 13.1. The van der Waals surface area contributed by atoms with Crippen LogP contribution in [0.4, 0.5) is 0 Å². The van der Waals surface area contributed by atoms with Crippen molar-refractivity contribution in [1.29, 1.82) is 0 Å². The van der Waals surface area contributed by atoms with Gasteiger partial charge in [-0.15, -0.1) is 0 Å². The quantitative estimate of drug-likeness (QED) is 0.803. The summed E-state index contributed by atoms with van der Waals surface area (Å²) in [6.45, 7) is 7.14. The Hall–Kier alpha value is -1.38. The van der Waals surface area contributed by atoms with E-state index >= 15 is 0 Å². The summed E-state index contributed by atoms with van der Waals surface area (Å²) in [5, 5.41) is 0. The summed E-state index contributed by atoms with van der Waals surface area (Å²) in [7, 11) is 0. The van der Waals surface area contributed by atoms with Crippen molar-refractivity contribution in [3.8, 4) is 0 Å². The van der Waals surface area contributed by atoms with Crippen molar-refractivity contribution in [2.45, 2.75) is 46.1 Å². The summed E-state index contributed by atoms with van der Waals surface area (Å²) in [4.78, 5) is 18.8. The topological polar surface area (TPSA) is 33.2 Å². The Morgan fingerprint density at radius 1 is 1.44 bits per heavy atom. The molecule has 0 spiro atoms. The van der Waals surface area contributed by atoms with Crippen LogP contribution in [-0.4, -0.2) is 28.4 Å². The van der Waals surface area contributed by atoms with E-state index in [1.54, 1.807) is 0 Å². The van der Waals surface area contributed by atoms with Crippen molar-refractivity contribution >= 4 is 5.91 Å². The first-order valence-corrected chi connectivity index (χ1v) is 6.86. The van der Waals surface area contributed by atoms with Gasteiger partial charge in [0.05, 0.1) is 0 Å². The summed E-state index contributed by atoms with van der Waals surface area (Å²) >= 11 is 0. The monoisotopic (exact) mass is 246 g/mol. The fraction of sp³-hybridized carbons (Fsp3) is 0.600. The number of likely N-dealkylation sites (tertiary alicyclic amines) is 1. The van der Waals surface area contributed by atoms with E-state index in [4.69, 9.17) is 0 Å². The highest BCUT2D eigenvalue weighted by Crippen LogP contribution is 2.25. The average Bonchev–Trinajstić information content (AvgIpc) is 2.38. The normalized spacial score (nSPS) is 24.1. The predicted molar refractivity (Wildman–Crippen MR) is 72.5 cm³/mol. The van der Waals surface area contributed by atoms with Gasteiger partial charge in [0, 0.05) is 18.3 Å². The lowest BCUT2D eigenvalue weighted by Gasteiger charge is -2.37. The molecule has 1 aliphatic rings. The number of carbonyl (C=O) groups excluding carboxylic acids is 1. The van der Waals surface area contributed by atoms with Crippen LogP contribution in [0, 0.1) is 12.8 Å². The smallest absolute Gasteiger partial charge is 0.272 e. The molecule has 98 valence electrons. The molecule has 1 saturated heterocycles. The number of hydrogen-bond acceptors (Lipinski definition) is 2. The number of amides is 1. The van der Waals surface area contributed by atoms with E-state index in [2.05, 4.69) is 18.8 Å². The molecule has 2 heterocycles. The number of pyridine rings is 1. The second kappa shape index (κ2) is 5.51. The van der Waals surface area contributed by atoms with E-state index in [-0.39, 0.29) is 5.91 Å². The van der Waals surface area contributed by atoms with Gasteiger partial charge in [-0.2, -0.15) is 0 Å². The highest BCUT2D eigenvalue weighted by molar-refractivity contribution is 5.92. The van der Waals surface area contributed by atoms with Crippen LogP contribution in [0.25, 0.3) is 0 Å². The molecule has 2 rings (SSSR count). The van der Waals surface area contributed by atoms with Gasteiger partial charge in [0.25, 0.3) is 5.91 Å². The molecule has 3 heteroatoms. The minimum atomic E-state index is 0.0874. The van der Waals surface area contributed by atoms with Crippen LogP contribution in [0.3, 0.4) is 0 Å². The third-order valence-electron chi connectivity index (χ3n) is 3.93. The zero-order chi connectivity index (χ0) is 13.1. The molecule has 18 heavy (non-hydrogen) atoms. The third kappa shape index (κ3) is 2.71. The summed E-state index contributed by atoms with van der Waals surface area (Å²) in [5.74, 6) is 0.735. The molecule has 2 atom stereocenters. The molecule has 1 aliphatic heterocycles. The van der Waals surface area contributed by atoms with Crippen molar-refractivity contribution in [3.63, 3.8) is 0 Å². The van der Waals surface area contributed by atoms with E-state index in [0.717, 1.165) is 25.1 Å². The molecule has 0 aliphatic carbocycles. The van der Waals surface area contributed by atoms with Crippen molar-refractivity contribution in [3.05, 3.63) is 29.6 Å². The minimum Gasteiger partial charge on any atom is -0.334 e. The number of rotatable bonds is 2. The van der Waals surface area contributed by atoms with E-state index in [0.29, 0.717) is 17.7 Å². The van der Waals surface area contributed by atoms with Gasteiger partial charge in [0.15, 0.2) is 0 Å². The second-order valence-electron chi connectivity index (χ2n) is 5.32. The maximum Gasteiger partial charge on any atom is 0.272 e. The number of nitrogens with zero attached hydrogens (tertiary/aromatic N) is 2. The third-order valence-corrected chi connectivity index (χ3v) is 3.93. The second-order valence-corrected chi connectivity index (χ2v) is 5.32. The van der Waals surface area contributed by atoms with Crippen LogP contribution in [-0.2, 0) is 0 Å². The Bertz CT molecular complexity index is 430. The van der Waals surface area contributed by atoms with Gasteiger partial charge >= 0.3 is 0 Å². The fourth-order valence-corrected chi connectivity index (χ4v) is 2.61. The van der Waals surface area contributed by atoms with Gasteiger partial charge in [-0.05, 0) is 44.7 Å². The summed E-state index contributed by atoms with van der Waals surface area (Å²) in [6.07, 6.45) is 3.50. The molecular weight excluding hydrogens is 224 g/mol. The number of piperidine rings is 1. The molecule has 0 saturated carbocycles. The molecule has 3 nitrogen and oxygen atoms in total. The van der Waals surface area contributed by atoms with Gasteiger partial charge in [-0.3, -0.25) is 4.79 Å². The van der Waals surface area contributed by atoms with Crippen molar-refractivity contribution in [2.75, 3.05) is 6.54 Å². The predicted octanol–water partition coefficient (Wildman–Crippen LogP) is 3.04. The van der Waals surface area contributed by atoms with E-state index in [9.17, 15) is 4.79 Å². The largest absolute Gasteiger partial charge is 0.334 e. The Labute approximate surface area is 109 Å². The van der Waals surface area contributed by atoms with E-state index in [1.165, 1.54) is 6.42 Å². The number of hydrogen-bond donors (Lipinski definition) is 0. The van der Waals surface area contributed by atoms with Crippen LogP contribution in [0.2, 0.25) is 0 Å². The molecule has 0 unspecified atom stereocenters. The highest BCUT2D eigenvalue weighted by atomic mass is 16.2. The van der Waals surface area contributed by atoms with E-state index < -0.39 is 0 Å². The summed E-state index contributed by atoms with van der Waals surface area (Å²) in [6, 6.07) is 5.98. The lowest BCUT2D eigenvalue weighted by Crippen LogP contribution is -2.45. The molecular formula is C15H22N2O. The lowest BCUT2D eigenvalue weighted by molar-refractivity contribution is 0.0550. The Balaban J connectivity index is 2.16. The molecule has 1 aromatic heterocycles. The molecule has 1 amide bonds. The Morgan fingerprint density at radius 2 is 2.22 bits per heavy atom. The van der Waals surface area contributed by atoms with E-state index in [1.807, 2.05) is 30.0 Å². The minimum absolute atomic E-state index is 0.0874. The Kier molecular flexibility index (Phi) is 4.00. The number of aromatic nitrogens is 1. The van der Waals surface area contributed by atoms with Crippen LogP contribution in [0.5, 0.6) is 0 Å². The van der Waals surface area contributed by atoms with Crippen LogP contribution < -0.4 is 0 Å². The summed E-state index contributed by atoms with van der Waals surface area (Å²) < 4.78 is 0. The molecule has 0 aromatic carbocycles. The molecule has 1 aromatic rings. The maximum absolute atomic E-state index is 12.5. The fourth-order valence-electron chi connectivity index (χ4n) is 2.61. The molecule has 0 radical (unpaired) electrons. The standard InChI is InChI=1S/C15H22N2O/c1-4-13-9-8-12(3)17(10-13)15(18)14-7-5-6-11(2)16-14/h5-7,12-13H,4,8-10H2,1-3H3/t12-,13+/m0/s1. The lowest BCUT2D eigenvalue weighted by atomic mass is 9.91.